The van der Waals surface area contributed by atoms with Gasteiger partial charge in [0.1, 0.15) is 0 Å². The number of nitro groups is 1. The third-order valence-electron chi connectivity index (χ3n) is 3.79. The monoisotopic (exact) mass is 279 g/mol. The number of hydrogen-bond acceptors (Lipinski definition) is 4. The van der Waals surface area contributed by atoms with Crippen molar-refractivity contribution in [1.82, 2.24) is 0 Å². The highest BCUT2D eigenvalue weighted by Crippen LogP contribution is 2.50. The van der Waals surface area contributed by atoms with Crippen molar-refractivity contribution < 1.29 is 14.4 Å². The van der Waals surface area contributed by atoms with Crippen LogP contribution in [-0.2, 0) is 15.3 Å². The van der Waals surface area contributed by atoms with Crippen LogP contribution in [0, 0.1) is 15.5 Å². The Balaban J connectivity index is 2.54. The third kappa shape index (κ3) is 2.31. The van der Waals surface area contributed by atoms with Crippen LogP contribution >= 0.6 is 0 Å². The maximum absolute atomic E-state index is 11.0. The lowest BCUT2D eigenvalue weighted by atomic mass is 9.80. The largest absolute Gasteiger partial charge is 0.340 e. The molecular weight excluding hydrogens is 258 g/mol. The number of non-ortho nitro benzene ring substituents is 1. The van der Waals surface area contributed by atoms with Crippen molar-refractivity contribution in [2.75, 3.05) is 0 Å². The standard InChI is InChI=1S/C15H21NO4/c1-10-11(2)20-15(19-10,14(3,4)5)12-7-6-8-13(9-12)16(17)18/h6-11H,1-5H3. The van der Waals surface area contributed by atoms with Crippen LogP contribution < -0.4 is 0 Å². The first-order chi connectivity index (χ1) is 9.17. The predicted molar refractivity (Wildman–Crippen MR) is 75.3 cm³/mol. The minimum Gasteiger partial charge on any atom is -0.340 e. The molecule has 0 amide bonds. The molecule has 1 heterocycles. The Labute approximate surface area is 119 Å². The van der Waals surface area contributed by atoms with E-state index in [2.05, 4.69) is 0 Å². The number of benzene rings is 1. The van der Waals surface area contributed by atoms with Gasteiger partial charge in [0.2, 0.25) is 5.79 Å². The van der Waals surface area contributed by atoms with Crippen molar-refractivity contribution in [3.8, 4) is 0 Å². The lowest BCUT2D eigenvalue weighted by Gasteiger charge is -2.40. The molecule has 1 saturated heterocycles. The molecule has 110 valence electrons. The lowest BCUT2D eigenvalue weighted by molar-refractivity contribution is -0.385. The molecule has 1 aliphatic heterocycles. The van der Waals surface area contributed by atoms with E-state index in [1.807, 2.05) is 40.7 Å². The summed E-state index contributed by atoms with van der Waals surface area (Å²) in [6.07, 6.45) is -0.123. The highest BCUT2D eigenvalue weighted by atomic mass is 16.8. The smallest absolute Gasteiger partial charge is 0.269 e. The summed E-state index contributed by atoms with van der Waals surface area (Å²) in [5.41, 5.74) is 0.391. The summed E-state index contributed by atoms with van der Waals surface area (Å²) >= 11 is 0. The Morgan fingerprint density at radius 3 is 2.20 bits per heavy atom. The van der Waals surface area contributed by atoms with Crippen LogP contribution in [0.4, 0.5) is 5.69 Å². The fourth-order valence-corrected chi connectivity index (χ4v) is 2.49. The van der Waals surface area contributed by atoms with Gasteiger partial charge in [-0.1, -0.05) is 32.9 Å². The van der Waals surface area contributed by atoms with Crippen LogP contribution in [0.15, 0.2) is 24.3 Å². The molecule has 0 radical (unpaired) electrons. The minimum absolute atomic E-state index is 0.0468. The molecule has 0 N–H and O–H groups in total. The summed E-state index contributed by atoms with van der Waals surface area (Å²) in [4.78, 5) is 10.6. The Morgan fingerprint density at radius 1 is 1.20 bits per heavy atom. The number of rotatable bonds is 2. The molecule has 0 aromatic heterocycles. The molecule has 0 aliphatic carbocycles. The summed E-state index contributed by atoms with van der Waals surface area (Å²) in [6.45, 7) is 9.94. The Bertz CT molecular complexity index is 511. The second-order valence-corrected chi connectivity index (χ2v) is 6.32. The van der Waals surface area contributed by atoms with Gasteiger partial charge >= 0.3 is 0 Å². The van der Waals surface area contributed by atoms with E-state index in [9.17, 15) is 10.1 Å². The molecule has 2 unspecified atom stereocenters. The summed E-state index contributed by atoms with van der Waals surface area (Å²) in [5.74, 6) is -0.960. The average molecular weight is 279 g/mol. The van der Waals surface area contributed by atoms with E-state index in [0.717, 1.165) is 0 Å². The van der Waals surface area contributed by atoms with Crippen molar-refractivity contribution in [2.24, 2.45) is 5.41 Å². The molecule has 1 aliphatic rings. The van der Waals surface area contributed by atoms with Crippen LogP contribution in [0.2, 0.25) is 0 Å². The van der Waals surface area contributed by atoms with Crippen LogP contribution in [0.3, 0.4) is 0 Å². The fraction of sp³-hybridized carbons (Fsp3) is 0.600. The minimum atomic E-state index is -0.960. The summed E-state index contributed by atoms with van der Waals surface area (Å²) in [5, 5.41) is 11.0. The van der Waals surface area contributed by atoms with Gasteiger partial charge in [0.15, 0.2) is 0 Å². The zero-order valence-corrected chi connectivity index (χ0v) is 12.5. The highest BCUT2D eigenvalue weighted by Gasteiger charge is 2.53. The van der Waals surface area contributed by atoms with Crippen molar-refractivity contribution in [3.05, 3.63) is 39.9 Å². The van der Waals surface area contributed by atoms with Gasteiger partial charge < -0.3 is 9.47 Å². The van der Waals surface area contributed by atoms with Crippen LogP contribution in [0.5, 0.6) is 0 Å². The molecule has 20 heavy (non-hydrogen) atoms. The lowest BCUT2D eigenvalue weighted by Crippen LogP contribution is -2.41. The topological polar surface area (TPSA) is 61.6 Å². The molecule has 0 saturated carbocycles. The maximum atomic E-state index is 11.0. The maximum Gasteiger partial charge on any atom is 0.269 e. The van der Waals surface area contributed by atoms with Gasteiger partial charge in [-0.05, 0) is 13.8 Å². The van der Waals surface area contributed by atoms with Crippen molar-refractivity contribution in [2.45, 2.75) is 52.6 Å². The summed E-state index contributed by atoms with van der Waals surface area (Å²) in [6, 6.07) is 6.50. The molecular formula is C15H21NO4. The van der Waals surface area contributed by atoms with Gasteiger partial charge in [-0.25, -0.2) is 0 Å². The fourth-order valence-electron chi connectivity index (χ4n) is 2.49. The van der Waals surface area contributed by atoms with Crippen LogP contribution in [-0.4, -0.2) is 17.1 Å². The second-order valence-electron chi connectivity index (χ2n) is 6.32. The Morgan fingerprint density at radius 2 is 1.75 bits per heavy atom. The van der Waals surface area contributed by atoms with Crippen molar-refractivity contribution >= 4 is 5.69 Å². The third-order valence-corrected chi connectivity index (χ3v) is 3.79. The molecule has 5 heteroatoms. The SMILES string of the molecule is CC1OC(c2cccc([N+](=O)[O-])c2)(C(C)(C)C)OC1C. The van der Waals surface area contributed by atoms with E-state index in [-0.39, 0.29) is 23.3 Å². The van der Waals surface area contributed by atoms with Gasteiger partial charge in [0, 0.05) is 23.1 Å². The van der Waals surface area contributed by atoms with E-state index in [1.54, 1.807) is 6.07 Å². The van der Waals surface area contributed by atoms with E-state index in [4.69, 9.17) is 9.47 Å². The van der Waals surface area contributed by atoms with E-state index in [0.29, 0.717) is 5.56 Å². The van der Waals surface area contributed by atoms with Gasteiger partial charge in [-0.15, -0.1) is 0 Å². The Hall–Kier alpha value is -1.46. The average Bonchev–Trinajstić information content (AvgIpc) is 2.66. The molecule has 2 atom stereocenters. The molecule has 0 spiro atoms. The summed E-state index contributed by atoms with van der Waals surface area (Å²) < 4.78 is 12.2. The summed E-state index contributed by atoms with van der Waals surface area (Å²) in [7, 11) is 0. The number of nitrogens with zero attached hydrogens (tertiary/aromatic N) is 1. The molecule has 5 nitrogen and oxygen atoms in total. The van der Waals surface area contributed by atoms with E-state index < -0.39 is 10.7 Å². The normalized spacial score (nSPS) is 30.4. The molecule has 1 aromatic rings. The first-order valence-corrected chi connectivity index (χ1v) is 6.78. The van der Waals surface area contributed by atoms with Gasteiger partial charge in [0.05, 0.1) is 17.1 Å². The van der Waals surface area contributed by atoms with Crippen molar-refractivity contribution in [1.29, 1.82) is 0 Å². The van der Waals surface area contributed by atoms with E-state index >= 15 is 0 Å². The zero-order chi connectivity index (χ0) is 15.1. The highest BCUT2D eigenvalue weighted by molar-refractivity contribution is 5.37. The molecule has 1 fully saturated rings. The van der Waals surface area contributed by atoms with Gasteiger partial charge in [-0.2, -0.15) is 0 Å². The first-order valence-electron chi connectivity index (χ1n) is 6.78. The zero-order valence-electron chi connectivity index (χ0n) is 12.5. The number of nitro benzene ring substituents is 1. The molecule has 1 aromatic carbocycles. The van der Waals surface area contributed by atoms with Crippen LogP contribution in [0.1, 0.15) is 40.2 Å². The molecule has 0 bridgehead atoms. The first kappa shape index (κ1) is 14.9. The number of hydrogen-bond donors (Lipinski definition) is 0. The van der Waals surface area contributed by atoms with Crippen LogP contribution in [0.25, 0.3) is 0 Å². The Kier molecular flexibility index (Phi) is 3.60. The molecule has 2 rings (SSSR count). The van der Waals surface area contributed by atoms with E-state index in [1.165, 1.54) is 12.1 Å². The van der Waals surface area contributed by atoms with Crippen molar-refractivity contribution in [3.63, 3.8) is 0 Å². The predicted octanol–water partition coefficient (Wildman–Crippen LogP) is 3.62. The second kappa shape index (κ2) is 4.82. The van der Waals surface area contributed by atoms with Gasteiger partial charge in [-0.3, -0.25) is 10.1 Å². The number of ether oxygens (including phenoxy) is 2. The van der Waals surface area contributed by atoms with Gasteiger partial charge in [0.25, 0.3) is 5.69 Å². The quantitative estimate of drug-likeness (QED) is 0.612.